The fourth-order valence-corrected chi connectivity index (χ4v) is 5.48. The van der Waals surface area contributed by atoms with Gasteiger partial charge in [0.2, 0.25) is 0 Å². The fourth-order valence-electron chi connectivity index (χ4n) is 5.48. The Bertz CT molecular complexity index is 589. The van der Waals surface area contributed by atoms with Crippen LogP contribution in [0.25, 0.3) is 0 Å². The molecule has 4 atom stereocenters. The van der Waals surface area contributed by atoms with Crippen molar-refractivity contribution in [3.63, 3.8) is 0 Å². The van der Waals surface area contributed by atoms with Crippen molar-refractivity contribution in [3.8, 4) is 0 Å². The van der Waals surface area contributed by atoms with Crippen molar-refractivity contribution in [1.29, 1.82) is 0 Å². The Morgan fingerprint density at radius 3 is 2.56 bits per heavy atom. The lowest BCUT2D eigenvalue weighted by Crippen LogP contribution is -2.54. The molecule has 1 saturated carbocycles. The highest BCUT2D eigenvalue weighted by Gasteiger charge is 2.55. The summed E-state index contributed by atoms with van der Waals surface area (Å²) in [7, 11) is 0. The quantitative estimate of drug-likeness (QED) is 0.506. The molecule has 2 aliphatic rings. The first-order valence-electron chi connectivity index (χ1n) is 9.04. The number of aliphatic hydroxyl groups excluding tert-OH is 2. The van der Waals surface area contributed by atoms with E-state index in [4.69, 9.17) is 5.11 Å². The highest BCUT2D eigenvalue weighted by atomic mass is 16.4. The molecule has 0 unspecified atom stereocenters. The van der Waals surface area contributed by atoms with Crippen LogP contribution in [0.1, 0.15) is 52.9 Å². The third-order valence-electron chi connectivity index (χ3n) is 6.41. The van der Waals surface area contributed by atoms with Crippen molar-refractivity contribution < 1.29 is 24.9 Å². The number of aliphatic carboxylic acids is 1. The summed E-state index contributed by atoms with van der Waals surface area (Å²) in [6.45, 7) is 6.22. The molecule has 0 aromatic heterocycles. The van der Waals surface area contributed by atoms with E-state index < -0.39 is 12.1 Å². The van der Waals surface area contributed by atoms with Gasteiger partial charge in [-0.1, -0.05) is 27.2 Å². The van der Waals surface area contributed by atoms with E-state index in [1.54, 1.807) is 6.08 Å². The number of aliphatic hydroxyl groups is 2. The topological polar surface area (TPSA) is 94.8 Å². The maximum absolute atomic E-state index is 11.6. The van der Waals surface area contributed by atoms with Crippen LogP contribution in [0, 0.1) is 22.7 Å². The lowest BCUT2D eigenvalue weighted by molar-refractivity contribution is -0.131. The van der Waals surface area contributed by atoms with Crippen LogP contribution >= 0.6 is 0 Å². The van der Waals surface area contributed by atoms with Gasteiger partial charge in [0.1, 0.15) is 6.29 Å². The average Bonchev–Trinajstić information content (AvgIpc) is 2.50. The fraction of sp³-hybridized carbons (Fsp3) is 0.700. The van der Waals surface area contributed by atoms with Crippen molar-refractivity contribution in [3.05, 3.63) is 23.3 Å². The Hall–Kier alpha value is -1.46. The van der Waals surface area contributed by atoms with E-state index in [2.05, 4.69) is 20.8 Å². The van der Waals surface area contributed by atoms with Gasteiger partial charge in [-0.05, 0) is 65.6 Å². The van der Waals surface area contributed by atoms with Gasteiger partial charge in [-0.2, -0.15) is 0 Å². The van der Waals surface area contributed by atoms with E-state index in [1.807, 2.05) is 0 Å². The Balaban J connectivity index is 2.35. The number of carboxylic acid groups (broad SMARTS) is 1. The van der Waals surface area contributed by atoms with Crippen molar-refractivity contribution in [2.24, 2.45) is 22.7 Å². The van der Waals surface area contributed by atoms with Gasteiger partial charge in [0.25, 0.3) is 0 Å². The minimum absolute atomic E-state index is 0.0215. The standard InChI is InChI=1S/C20H30O5/c1-19(2)7-4-8-20(3)15(6-5-13(11-21)9-17(24)25)14(12-22)10-16(23)18(19)20/h9-10,12,15-16,18,21,23H,4-8,11H2,1-3H3,(H,24,25)/b13-9+/t15-,16+,18-,20+/m1/s1. The molecular weight excluding hydrogens is 320 g/mol. The van der Waals surface area contributed by atoms with Crippen molar-refractivity contribution in [2.75, 3.05) is 6.61 Å². The highest BCUT2D eigenvalue weighted by Crippen LogP contribution is 2.60. The summed E-state index contributed by atoms with van der Waals surface area (Å²) >= 11 is 0. The zero-order valence-electron chi connectivity index (χ0n) is 15.4. The van der Waals surface area contributed by atoms with Gasteiger partial charge < -0.3 is 15.3 Å². The first kappa shape index (κ1) is 19.9. The second kappa shape index (κ2) is 7.42. The molecule has 140 valence electrons. The molecule has 0 bridgehead atoms. The molecular formula is C20H30O5. The van der Waals surface area contributed by atoms with Gasteiger partial charge in [0.05, 0.1) is 12.7 Å². The Morgan fingerprint density at radius 2 is 2.00 bits per heavy atom. The Morgan fingerprint density at radius 1 is 1.32 bits per heavy atom. The summed E-state index contributed by atoms with van der Waals surface area (Å²) in [5, 5.41) is 29.0. The van der Waals surface area contributed by atoms with E-state index in [0.29, 0.717) is 24.0 Å². The number of allylic oxidation sites excluding steroid dienone is 1. The van der Waals surface area contributed by atoms with Gasteiger partial charge in [0.15, 0.2) is 0 Å². The summed E-state index contributed by atoms with van der Waals surface area (Å²) in [6, 6.07) is 0. The summed E-state index contributed by atoms with van der Waals surface area (Å²) in [5.41, 5.74) is 0.832. The van der Waals surface area contributed by atoms with Crippen LogP contribution in [-0.4, -0.2) is 40.3 Å². The molecule has 0 spiro atoms. The van der Waals surface area contributed by atoms with Gasteiger partial charge in [-0.3, -0.25) is 4.79 Å². The van der Waals surface area contributed by atoms with E-state index in [9.17, 15) is 19.8 Å². The van der Waals surface area contributed by atoms with E-state index in [0.717, 1.165) is 31.6 Å². The third-order valence-corrected chi connectivity index (χ3v) is 6.41. The molecule has 0 heterocycles. The number of carboxylic acids is 1. The van der Waals surface area contributed by atoms with Crippen LogP contribution in [0.3, 0.4) is 0 Å². The first-order valence-corrected chi connectivity index (χ1v) is 9.04. The zero-order chi connectivity index (χ0) is 18.8. The van der Waals surface area contributed by atoms with Crippen molar-refractivity contribution >= 4 is 12.3 Å². The molecule has 1 fully saturated rings. The Labute approximate surface area is 149 Å². The zero-order valence-corrected chi connectivity index (χ0v) is 15.4. The molecule has 0 aliphatic heterocycles. The van der Waals surface area contributed by atoms with Crippen LogP contribution in [0.5, 0.6) is 0 Å². The van der Waals surface area contributed by atoms with Crippen LogP contribution in [0.15, 0.2) is 23.3 Å². The molecule has 5 heteroatoms. The van der Waals surface area contributed by atoms with E-state index in [-0.39, 0.29) is 29.3 Å². The van der Waals surface area contributed by atoms with Crippen LogP contribution in [-0.2, 0) is 9.59 Å². The minimum Gasteiger partial charge on any atom is -0.478 e. The van der Waals surface area contributed by atoms with E-state index >= 15 is 0 Å². The van der Waals surface area contributed by atoms with Crippen molar-refractivity contribution in [2.45, 2.75) is 59.0 Å². The lowest BCUT2D eigenvalue weighted by atomic mass is 9.47. The molecule has 0 amide bonds. The van der Waals surface area contributed by atoms with Gasteiger partial charge >= 0.3 is 5.97 Å². The summed E-state index contributed by atoms with van der Waals surface area (Å²) < 4.78 is 0. The molecule has 3 N–H and O–H groups in total. The first-order chi connectivity index (χ1) is 11.7. The molecule has 2 aliphatic carbocycles. The maximum atomic E-state index is 11.6. The number of hydrogen-bond donors (Lipinski definition) is 3. The largest absolute Gasteiger partial charge is 0.478 e. The lowest BCUT2D eigenvalue weighted by Gasteiger charge is -2.58. The molecule has 25 heavy (non-hydrogen) atoms. The molecule has 0 aromatic rings. The van der Waals surface area contributed by atoms with Crippen LogP contribution in [0.2, 0.25) is 0 Å². The number of carbonyl (C=O) groups excluding carboxylic acids is 1. The summed E-state index contributed by atoms with van der Waals surface area (Å²) in [4.78, 5) is 22.5. The highest BCUT2D eigenvalue weighted by molar-refractivity contribution is 5.80. The van der Waals surface area contributed by atoms with Gasteiger partial charge in [-0.15, -0.1) is 0 Å². The van der Waals surface area contributed by atoms with Crippen LogP contribution < -0.4 is 0 Å². The van der Waals surface area contributed by atoms with Gasteiger partial charge in [0, 0.05) is 6.08 Å². The second-order valence-electron chi connectivity index (χ2n) is 8.49. The predicted octanol–water partition coefficient (Wildman–Crippen LogP) is 2.72. The van der Waals surface area contributed by atoms with E-state index in [1.165, 1.54) is 0 Å². The average molecular weight is 350 g/mol. The number of aldehydes is 1. The smallest absolute Gasteiger partial charge is 0.328 e. The van der Waals surface area contributed by atoms with Crippen LogP contribution in [0.4, 0.5) is 0 Å². The number of rotatable bonds is 6. The minimum atomic E-state index is -1.07. The van der Waals surface area contributed by atoms with Crippen molar-refractivity contribution in [1.82, 2.24) is 0 Å². The maximum Gasteiger partial charge on any atom is 0.328 e. The Kier molecular flexibility index (Phi) is 5.89. The predicted molar refractivity (Wildman–Crippen MR) is 94.9 cm³/mol. The molecule has 0 saturated heterocycles. The number of carbonyl (C=O) groups is 2. The molecule has 2 rings (SSSR count). The second-order valence-corrected chi connectivity index (χ2v) is 8.49. The third kappa shape index (κ3) is 3.87. The normalized spacial score (nSPS) is 34.8. The monoisotopic (exact) mass is 350 g/mol. The number of hydrogen-bond acceptors (Lipinski definition) is 4. The molecule has 5 nitrogen and oxygen atoms in total. The van der Waals surface area contributed by atoms with Gasteiger partial charge in [-0.25, -0.2) is 4.79 Å². The number of fused-ring (bicyclic) bond motifs is 1. The SMILES string of the molecule is CC1(C)CCC[C@@]2(C)[C@H](CC/C(=C\C(=O)O)CO)C(C=O)=C[C@H](O)[C@H]12. The summed E-state index contributed by atoms with van der Waals surface area (Å²) in [5.74, 6) is -1.05. The summed E-state index contributed by atoms with van der Waals surface area (Å²) in [6.07, 6.45) is 6.99. The molecule has 0 aromatic carbocycles. The molecule has 0 radical (unpaired) electrons.